The van der Waals surface area contributed by atoms with Gasteiger partial charge in [-0.3, -0.25) is 0 Å². The van der Waals surface area contributed by atoms with Crippen molar-refractivity contribution >= 4 is 23.2 Å². The topological polar surface area (TPSA) is 35.2 Å². The lowest BCUT2D eigenvalue weighted by Crippen LogP contribution is -2.30. The predicted octanol–water partition coefficient (Wildman–Crippen LogP) is 4.08. The van der Waals surface area contributed by atoms with Gasteiger partial charge in [-0.05, 0) is 48.4 Å². The molecule has 20 heavy (non-hydrogen) atoms. The highest BCUT2D eigenvalue weighted by Crippen LogP contribution is 2.18. The molecule has 2 aromatic carbocycles. The summed E-state index contributed by atoms with van der Waals surface area (Å²) in [6.07, 6.45) is 0.354. The molecule has 0 saturated heterocycles. The van der Waals surface area contributed by atoms with E-state index in [1.165, 1.54) is 12.1 Å². The van der Waals surface area contributed by atoms with Gasteiger partial charge < -0.3 is 10.5 Å². The standard InChI is InChI=1S/C15H14Cl2FNO/c16-11-2-1-3-14(8-11)20-9-13(19)7-10-6-12(17)4-5-15(10)18/h1-6,8,13H,7,9,19H2. The van der Waals surface area contributed by atoms with Crippen LogP contribution in [0.25, 0.3) is 0 Å². The molecule has 0 amide bonds. The van der Waals surface area contributed by atoms with Gasteiger partial charge in [-0.1, -0.05) is 29.3 Å². The maximum Gasteiger partial charge on any atom is 0.126 e. The van der Waals surface area contributed by atoms with Crippen molar-refractivity contribution in [1.82, 2.24) is 0 Å². The molecular weight excluding hydrogens is 300 g/mol. The van der Waals surface area contributed by atoms with E-state index in [0.717, 1.165) is 0 Å². The third-order valence-electron chi connectivity index (χ3n) is 2.75. The van der Waals surface area contributed by atoms with Crippen LogP contribution in [0.2, 0.25) is 10.0 Å². The minimum Gasteiger partial charge on any atom is -0.492 e. The molecular formula is C15H14Cl2FNO. The average molecular weight is 314 g/mol. The minimum absolute atomic E-state index is 0.270. The molecule has 0 aliphatic carbocycles. The van der Waals surface area contributed by atoms with Gasteiger partial charge in [-0.15, -0.1) is 0 Å². The summed E-state index contributed by atoms with van der Waals surface area (Å²) in [5, 5.41) is 1.08. The van der Waals surface area contributed by atoms with Crippen molar-refractivity contribution in [2.24, 2.45) is 5.73 Å². The molecule has 1 atom stereocenters. The summed E-state index contributed by atoms with van der Waals surface area (Å²) in [5.41, 5.74) is 6.43. The number of hydrogen-bond acceptors (Lipinski definition) is 2. The molecule has 2 nitrogen and oxygen atoms in total. The Morgan fingerprint density at radius 3 is 2.60 bits per heavy atom. The molecule has 1 unspecified atom stereocenters. The minimum atomic E-state index is -0.332. The summed E-state index contributed by atoms with van der Waals surface area (Å²) in [6, 6.07) is 11.1. The van der Waals surface area contributed by atoms with Crippen molar-refractivity contribution in [2.45, 2.75) is 12.5 Å². The Balaban J connectivity index is 1.92. The summed E-state index contributed by atoms with van der Waals surface area (Å²) in [6.45, 7) is 0.270. The molecule has 5 heteroatoms. The Hall–Kier alpha value is -1.29. The number of hydrogen-bond donors (Lipinski definition) is 1. The fraction of sp³-hybridized carbons (Fsp3) is 0.200. The molecule has 0 fully saturated rings. The van der Waals surface area contributed by atoms with Crippen molar-refractivity contribution in [1.29, 1.82) is 0 Å². The first-order valence-corrected chi connectivity index (χ1v) is 6.88. The molecule has 0 radical (unpaired) electrons. The average Bonchev–Trinajstić information content (AvgIpc) is 2.41. The van der Waals surface area contributed by atoms with E-state index in [1.54, 1.807) is 30.3 Å². The second-order valence-corrected chi connectivity index (χ2v) is 5.34. The lowest BCUT2D eigenvalue weighted by Gasteiger charge is -2.14. The van der Waals surface area contributed by atoms with E-state index in [0.29, 0.717) is 27.8 Å². The summed E-state index contributed by atoms with van der Waals surface area (Å²) in [5.74, 6) is 0.326. The van der Waals surface area contributed by atoms with Crippen LogP contribution in [0.15, 0.2) is 42.5 Å². The molecule has 0 saturated carbocycles. The molecule has 0 spiro atoms. The van der Waals surface area contributed by atoms with Gasteiger partial charge in [0.25, 0.3) is 0 Å². The maximum absolute atomic E-state index is 13.6. The van der Waals surface area contributed by atoms with Crippen LogP contribution in [-0.2, 0) is 6.42 Å². The zero-order valence-electron chi connectivity index (χ0n) is 10.7. The van der Waals surface area contributed by atoms with Crippen molar-refractivity contribution in [3.05, 3.63) is 63.9 Å². The summed E-state index contributed by atoms with van der Waals surface area (Å²) >= 11 is 11.7. The second kappa shape index (κ2) is 6.93. The quantitative estimate of drug-likeness (QED) is 0.902. The number of ether oxygens (including phenoxy) is 1. The first kappa shape index (κ1) is 15.1. The summed E-state index contributed by atoms with van der Waals surface area (Å²) in [4.78, 5) is 0. The van der Waals surface area contributed by atoms with Crippen LogP contribution >= 0.6 is 23.2 Å². The number of halogens is 3. The summed E-state index contributed by atoms with van der Waals surface area (Å²) in [7, 11) is 0. The van der Waals surface area contributed by atoms with Gasteiger partial charge in [0.15, 0.2) is 0 Å². The first-order valence-electron chi connectivity index (χ1n) is 6.12. The molecule has 0 heterocycles. The number of rotatable bonds is 5. The monoisotopic (exact) mass is 313 g/mol. The Morgan fingerprint density at radius 2 is 1.85 bits per heavy atom. The van der Waals surface area contributed by atoms with Gasteiger partial charge in [0.05, 0.1) is 0 Å². The van der Waals surface area contributed by atoms with Crippen LogP contribution in [0.3, 0.4) is 0 Å². The third kappa shape index (κ3) is 4.37. The fourth-order valence-electron chi connectivity index (χ4n) is 1.80. The zero-order chi connectivity index (χ0) is 14.5. The smallest absolute Gasteiger partial charge is 0.126 e. The number of nitrogens with two attached hydrogens (primary N) is 1. The van der Waals surface area contributed by atoms with E-state index in [1.807, 2.05) is 0 Å². The van der Waals surface area contributed by atoms with Gasteiger partial charge in [-0.25, -0.2) is 4.39 Å². The molecule has 0 aliphatic heterocycles. The van der Waals surface area contributed by atoms with Crippen molar-refractivity contribution in [3.8, 4) is 5.75 Å². The van der Waals surface area contributed by atoms with Gasteiger partial charge >= 0.3 is 0 Å². The first-order chi connectivity index (χ1) is 9.54. The van der Waals surface area contributed by atoms with Gasteiger partial charge in [-0.2, -0.15) is 0 Å². The van der Waals surface area contributed by atoms with Crippen molar-refractivity contribution in [3.63, 3.8) is 0 Å². The molecule has 0 aromatic heterocycles. The Kier molecular flexibility index (Phi) is 5.24. The summed E-state index contributed by atoms with van der Waals surface area (Å²) < 4.78 is 19.1. The molecule has 0 bridgehead atoms. The third-order valence-corrected chi connectivity index (χ3v) is 3.22. The van der Waals surface area contributed by atoms with Crippen LogP contribution in [-0.4, -0.2) is 12.6 Å². The lowest BCUT2D eigenvalue weighted by molar-refractivity contribution is 0.287. The highest BCUT2D eigenvalue weighted by Gasteiger charge is 2.10. The van der Waals surface area contributed by atoms with E-state index in [9.17, 15) is 4.39 Å². The van der Waals surface area contributed by atoms with Crippen LogP contribution in [0.1, 0.15) is 5.56 Å². The predicted molar refractivity (Wildman–Crippen MR) is 80.0 cm³/mol. The van der Waals surface area contributed by atoms with Gasteiger partial charge in [0.1, 0.15) is 18.2 Å². The van der Waals surface area contributed by atoms with E-state index >= 15 is 0 Å². The van der Waals surface area contributed by atoms with Crippen LogP contribution in [0.5, 0.6) is 5.75 Å². The zero-order valence-corrected chi connectivity index (χ0v) is 12.2. The van der Waals surface area contributed by atoms with E-state index in [4.69, 9.17) is 33.7 Å². The Bertz CT molecular complexity index is 592. The normalized spacial score (nSPS) is 12.2. The molecule has 2 N–H and O–H groups in total. The van der Waals surface area contributed by atoms with Crippen LogP contribution in [0, 0.1) is 5.82 Å². The fourth-order valence-corrected chi connectivity index (χ4v) is 2.18. The molecule has 2 aromatic rings. The van der Waals surface area contributed by atoms with E-state index in [-0.39, 0.29) is 18.5 Å². The maximum atomic E-state index is 13.6. The largest absolute Gasteiger partial charge is 0.492 e. The van der Waals surface area contributed by atoms with E-state index in [2.05, 4.69) is 0 Å². The van der Waals surface area contributed by atoms with Crippen LogP contribution < -0.4 is 10.5 Å². The van der Waals surface area contributed by atoms with Crippen molar-refractivity contribution < 1.29 is 9.13 Å². The van der Waals surface area contributed by atoms with Crippen LogP contribution in [0.4, 0.5) is 4.39 Å². The lowest BCUT2D eigenvalue weighted by atomic mass is 10.1. The highest BCUT2D eigenvalue weighted by atomic mass is 35.5. The van der Waals surface area contributed by atoms with Gasteiger partial charge in [0, 0.05) is 16.1 Å². The van der Waals surface area contributed by atoms with Crippen molar-refractivity contribution in [2.75, 3.05) is 6.61 Å². The molecule has 0 aliphatic rings. The van der Waals surface area contributed by atoms with Gasteiger partial charge in [0.2, 0.25) is 0 Å². The molecule has 106 valence electrons. The second-order valence-electron chi connectivity index (χ2n) is 4.47. The molecule has 2 rings (SSSR count). The SMILES string of the molecule is NC(COc1cccc(Cl)c1)Cc1cc(Cl)ccc1F. The Labute approximate surface area is 127 Å². The van der Waals surface area contributed by atoms with E-state index < -0.39 is 0 Å². The highest BCUT2D eigenvalue weighted by molar-refractivity contribution is 6.30. The Morgan fingerprint density at radius 1 is 1.10 bits per heavy atom. The number of benzene rings is 2.